The molecule has 0 aromatic heterocycles. The molecule has 1 unspecified atom stereocenters. The molecule has 0 saturated heterocycles. The van der Waals surface area contributed by atoms with Crippen LogP contribution in [0.5, 0.6) is 0 Å². The fourth-order valence-corrected chi connectivity index (χ4v) is 2.48. The topological polar surface area (TPSA) is 61.8 Å². The Balaban J connectivity index is 5.13. The van der Waals surface area contributed by atoms with Crippen LogP contribution >= 0.6 is 0 Å². The first kappa shape index (κ1) is 18.7. The van der Waals surface area contributed by atoms with Gasteiger partial charge in [-0.05, 0) is 33.6 Å². The van der Waals surface area contributed by atoms with Crippen LogP contribution in [0.3, 0.4) is 0 Å². The van der Waals surface area contributed by atoms with Crippen LogP contribution < -0.4 is 0 Å². The molecule has 0 bridgehead atoms. The zero-order valence-electron chi connectivity index (χ0n) is 13.4. The molecule has 0 aromatic rings. The van der Waals surface area contributed by atoms with Crippen molar-refractivity contribution < 1.29 is 23.8 Å². The Bertz CT molecular complexity index is 295. The second-order valence-electron chi connectivity index (χ2n) is 4.82. The summed E-state index contributed by atoms with van der Waals surface area (Å²) in [5.41, 5.74) is -0.785. The minimum atomic E-state index is -0.785. The number of hydrogen-bond donors (Lipinski definition) is 0. The first-order valence-corrected chi connectivity index (χ1v) is 7.49. The van der Waals surface area contributed by atoms with Crippen molar-refractivity contribution in [1.29, 1.82) is 0 Å². The van der Waals surface area contributed by atoms with E-state index in [1.54, 1.807) is 20.8 Å². The van der Waals surface area contributed by atoms with E-state index in [1.165, 1.54) is 0 Å². The number of carbonyl (C=O) groups is 2. The van der Waals surface area contributed by atoms with Gasteiger partial charge in [-0.3, -0.25) is 4.79 Å². The quantitative estimate of drug-likeness (QED) is 0.605. The Morgan fingerprint density at radius 1 is 0.950 bits per heavy atom. The van der Waals surface area contributed by atoms with Gasteiger partial charge in [-0.1, -0.05) is 26.7 Å². The van der Waals surface area contributed by atoms with Crippen LogP contribution in [0.4, 0.5) is 4.79 Å². The smallest absolute Gasteiger partial charge is 0.465 e. The highest BCUT2D eigenvalue weighted by Gasteiger charge is 2.45. The van der Waals surface area contributed by atoms with Gasteiger partial charge in [0.2, 0.25) is 0 Å². The van der Waals surface area contributed by atoms with E-state index in [0.717, 1.165) is 12.8 Å². The molecule has 0 aliphatic rings. The maximum Gasteiger partial charge on any atom is 0.508 e. The molecule has 0 saturated carbocycles. The van der Waals surface area contributed by atoms with E-state index < -0.39 is 17.7 Å². The lowest BCUT2D eigenvalue weighted by Gasteiger charge is -2.35. The van der Waals surface area contributed by atoms with Gasteiger partial charge in [0.05, 0.1) is 13.2 Å². The molecule has 0 amide bonds. The van der Waals surface area contributed by atoms with Crippen molar-refractivity contribution in [3.8, 4) is 0 Å². The molecule has 0 fully saturated rings. The maximum atomic E-state index is 12.4. The number of ether oxygens (including phenoxy) is 3. The fourth-order valence-electron chi connectivity index (χ4n) is 2.48. The van der Waals surface area contributed by atoms with Gasteiger partial charge in [-0.2, -0.15) is 0 Å². The Kier molecular flexibility index (Phi) is 9.01. The lowest BCUT2D eigenvalue weighted by molar-refractivity contribution is -0.165. The molecular formula is C15H28O5. The minimum Gasteiger partial charge on any atom is -0.465 e. The van der Waals surface area contributed by atoms with Gasteiger partial charge in [-0.25, -0.2) is 4.79 Å². The van der Waals surface area contributed by atoms with Gasteiger partial charge >= 0.3 is 12.1 Å². The van der Waals surface area contributed by atoms with E-state index in [-0.39, 0.29) is 12.6 Å². The molecule has 0 N–H and O–H groups in total. The molecule has 0 radical (unpaired) electrons. The summed E-state index contributed by atoms with van der Waals surface area (Å²) in [5.74, 6) is -0.291. The average Bonchev–Trinajstić information content (AvgIpc) is 2.38. The average molecular weight is 288 g/mol. The van der Waals surface area contributed by atoms with Crippen LogP contribution in [0.25, 0.3) is 0 Å². The number of esters is 1. The summed E-state index contributed by atoms with van der Waals surface area (Å²) in [6.07, 6.45) is 1.58. The lowest BCUT2D eigenvalue weighted by atomic mass is 9.75. The second kappa shape index (κ2) is 9.61. The normalized spacial score (nSPS) is 12.7. The summed E-state index contributed by atoms with van der Waals surface area (Å²) in [6.45, 7) is 9.79. The van der Waals surface area contributed by atoms with Crippen LogP contribution in [0.1, 0.15) is 60.3 Å². The Morgan fingerprint density at radius 3 is 1.85 bits per heavy atom. The number of rotatable bonds is 9. The Labute approximate surface area is 122 Å². The molecule has 20 heavy (non-hydrogen) atoms. The van der Waals surface area contributed by atoms with E-state index in [4.69, 9.17) is 14.2 Å². The van der Waals surface area contributed by atoms with E-state index in [2.05, 4.69) is 0 Å². The summed E-state index contributed by atoms with van der Waals surface area (Å²) < 4.78 is 15.3. The molecule has 0 aromatic carbocycles. The summed E-state index contributed by atoms with van der Waals surface area (Å²) in [7, 11) is 0. The predicted molar refractivity (Wildman–Crippen MR) is 76.5 cm³/mol. The minimum absolute atomic E-state index is 0.250. The highest BCUT2D eigenvalue weighted by atomic mass is 16.7. The van der Waals surface area contributed by atoms with Crippen LogP contribution in [0, 0.1) is 5.41 Å². The largest absolute Gasteiger partial charge is 0.508 e. The third-order valence-electron chi connectivity index (χ3n) is 3.39. The monoisotopic (exact) mass is 288 g/mol. The third kappa shape index (κ3) is 5.02. The summed E-state index contributed by atoms with van der Waals surface area (Å²) in [5, 5.41) is 0. The van der Waals surface area contributed by atoms with Gasteiger partial charge in [0.15, 0.2) is 0 Å². The Hall–Kier alpha value is -1.26. The molecule has 0 rings (SSSR count). The molecule has 0 aliphatic carbocycles. The van der Waals surface area contributed by atoms with E-state index >= 15 is 0 Å². The second-order valence-corrected chi connectivity index (χ2v) is 4.82. The highest BCUT2D eigenvalue weighted by molar-refractivity contribution is 5.78. The van der Waals surface area contributed by atoms with Crippen LogP contribution in [-0.4, -0.2) is 31.4 Å². The van der Waals surface area contributed by atoms with Gasteiger partial charge in [0, 0.05) is 0 Å². The van der Waals surface area contributed by atoms with Crippen molar-refractivity contribution in [3.63, 3.8) is 0 Å². The van der Waals surface area contributed by atoms with E-state index in [1.807, 2.05) is 13.8 Å². The van der Waals surface area contributed by atoms with Crippen molar-refractivity contribution in [3.05, 3.63) is 0 Å². The van der Waals surface area contributed by atoms with Crippen LogP contribution in [0.2, 0.25) is 0 Å². The van der Waals surface area contributed by atoms with Crippen LogP contribution in [0.15, 0.2) is 0 Å². The van der Waals surface area contributed by atoms with E-state index in [9.17, 15) is 9.59 Å². The molecule has 5 heteroatoms. The molecule has 0 spiro atoms. The molecular weight excluding hydrogens is 260 g/mol. The maximum absolute atomic E-state index is 12.4. The SMILES string of the molecule is CCCC(CCC)(C(=O)OCC)C(C)OC(=O)OCC. The molecule has 5 nitrogen and oxygen atoms in total. The number of carbonyl (C=O) groups excluding carboxylic acids is 2. The molecule has 0 heterocycles. The zero-order valence-corrected chi connectivity index (χ0v) is 13.4. The first-order valence-electron chi connectivity index (χ1n) is 7.49. The van der Waals surface area contributed by atoms with Crippen LogP contribution in [-0.2, 0) is 19.0 Å². The molecule has 0 aliphatic heterocycles. The van der Waals surface area contributed by atoms with Gasteiger partial charge in [-0.15, -0.1) is 0 Å². The first-order chi connectivity index (χ1) is 9.48. The standard InChI is InChI=1S/C15H28O5/c1-6-10-15(11-7-2,13(16)18-8-3)12(5)20-14(17)19-9-4/h12H,6-11H2,1-5H3. The molecule has 1 atom stereocenters. The van der Waals surface area contributed by atoms with Crippen molar-refractivity contribution in [2.75, 3.05) is 13.2 Å². The van der Waals surface area contributed by atoms with Gasteiger partial charge < -0.3 is 14.2 Å². The lowest BCUT2D eigenvalue weighted by Crippen LogP contribution is -2.44. The summed E-state index contributed by atoms with van der Waals surface area (Å²) >= 11 is 0. The molecule has 118 valence electrons. The van der Waals surface area contributed by atoms with Gasteiger partial charge in [0.25, 0.3) is 0 Å². The van der Waals surface area contributed by atoms with Crippen molar-refractivity contribution in [1.82, 2.24) is 0 Å². The van der Waals surface area contributed by atoms with Crippen molar-refractivity contribution >= 4 is 12.1 Å². The summed E-state index contributed by atoms with van der Waals surface area (Å²) in [6, 6.07) is 0. The predicted octanol–water partition coefficient (Wildman–Crippen LogP) is 3.70. The highest BCUT2D eigenvalue weighted by Crippen LogP contribution is 2.37. The van der Waals surface area contributed by atoms with Crippen molar-refractivity contribution in [2.45, 2.75) is 66.4 Å². The number of hydrogen-bond acceptors (Lipinski definition) is 5. The fraction of sp³-hybridized carbons (Fsp3) is 0.867. The summed E-state index contributed by atoms with van der Waals surface area (Å²) in [4.78, 5) is 23.9. The van der Waals surface area contributed by atoms with E-state index in [0.29, 0.717) is 19.4 Å². The zero-order chi connectivity index (χ0) is 15.6. The Morgan fingerprint density at radius 2 is 1.45 bits per heavy atom. The third-order valence-corrected chi connectivity index (χ3v) is 3.39. The van der Waals surface area contributed by atoms with Crippen molar-refractivity contribution in [2.24, 2.45) is 5.41 Å². The van der Waals surface area contributed by atoms with Gasteiger partial charge in [0.1, 0.15) is 11.5 Å².